The maximum absolute atomic E-state index is 10.8. The molecule has 1 saturated heterocycles. The van der Waals surface area contributed by atoms with Crippen LogP contribution < -0.4 is 4.90 Å². The molecule has 1 aliphatic heterocycles. The van der Waals surface area contributed by atoms with E-state index in [1.807, 2.05) is 30.6 Å². The van der Waals surface area contributed by atoms with E-state index in [1.165, 1.54) is 0 Å². The van der Waals surface area contributed by atoms with Gasteiger partial charge in [0.1, 0.15) is 0 Å². The SMILES string of the molecule is O[C@@H]1C[C@H]2CN(c3ncccn3)C[C@H]2C[C@H]1n1cnc2ccccc21. The third-order valence-corrected chi connectivity index (χ3v) is 5.78. The molecule has 128 valence electrons. The van der Waals surface area contributed by atoms with Crippen molar-refractivity contribution in [2.24, 2.45) is 11.8 Å². The second-order valence-corrected chi connectivity index (χ2v) is 7.22. The molecule has 0 amide bonds. The molecule has 3 aromatic rings. The lowest BCUT2D eigenvalue weighted by molar-refractivity contribution is 0.0375. The Bertz CT molecular complexity index is 880. The standard InChI is InChI=1S/C19H21N5O/c25-18-9-14-11-23(19-20-6-3-7-21-19)10-13(14)8-17(18)24-12-22-15-4-1-2-5-16(15)24/h1-7,12-14,17-18,25H,8-11H2/t13-,14+,17-,18-/m1/s1. The summed E-state index contributed by atoms with van der Waals surface area (Å²) in [6.07, 6.45) is 6.92. The molecule has 1 saturated carbocycles. The van der Waals surface area contributed by atoms with E-state index in [0.717, 1.165) is 42.9 Å². The quantitative estimate of drug-likeness (QED) is 0.778. The maximum atomic E-state index is 10.8. The monoisotopic (exact) mass is 335 g/mol. The minimum Gasteiger partial charge on any atom is -0.391 e. The molecular weight excluding hydrogens is 314 g/mol. The van der Waals surface area contributed by atoms with Gasteiger partial charge in [-0.2, -0.15) is 0 Å². The Morgan fingerprint density at radius 1 is 0.920 bits per heavy atom. The lowest BCUT2D eigenvalue weighted by Gasteiger charge is -2.36. The van der Waals surface area contributed by atoms with Crippen LogP contribution in [0.25, 0.3) is 11.0 Å². The number of hydrogen-bond acceptors (Lipinski definition) is 5. The summed E-state index contributed by atoms with van der Waals surface area (Å²) in [5, 5.41) is 10.8. The zero-order valence-corrected chi connectivity index (χ0v) is 13.9. The number of anilines is 1. The summed E-state index contributed by atoms with van der Waals surface area (Å²) in [5.74, 6) is 1.86. The number of benzene rings is 1. The number of para-hydroxylation sites is 2. The first-order chi connectivity index (χ1) is 12.3. The second-order valence-electron chi connectivity index (χ2n) is 7.22. The lowest BCUT2D eigenvalue weighted by atomic mass is 9.77. The van der Waals surface area contributed by atoms with Gasteiger partial charge in [0.15, 0.2) is 0 Å². The molecule has 0 radical (unpaired) electrons. The summed E-state index contributed by atoms with van der Waals surface area (Å²) < 4.78 is 2.16. The molecule has 0 bridgehead atoms. The molecule has 1 aliphatic carbocycles. The van der Waals surface area contributed by atoms with E-state index in [0.29, 0.717) is 11.8 Å². The maximum Gasteiger partial charge on any atom is 0.225 e. The zero-order chi connectivity index (χ0) is 16.8. The fraction of sp³-hybridized carbons (Fsp3) is 0.421. The summed E-state index contributed by atoms with van der Waals surface area (Å²) in [7, 11) is 0. The molecule has 2 aromatic heterocycles. The average Bonchev–Trinajstić information content (AvgIpc) is 3.25. The van der Waals surface area contributed by atoms with Crippen LogP contribution in [-0.4, -0.2) is 43.8 Å². The van der Waals surface area contributed by atoms with E-state index in [1.54, 1.807) is 12.4 Å². The smallest absolute Gasteiger partial charge is 0.225 e. The normalized spacial score (nSPS) is 29.1. The fourth-order valence-electron chi connectivity index (χ4n) is 4.57. The van der Waals surface area contributed by atoms with Crippen LogP contribution in [0.1, 0.15) is 18.9 Å². The number of nitrogens with zero attached hydrogens (tertiary/aromatic N) is 5. The van der Waals surface area contributed by atoms with Gasteiger partial charge in [-0.1, -0.05) is 12.1 Å². The van der Waals surface area contributed by atoms with Gasteiger partial charge in [0.25, 0.3) is 0 Å². The van der Waals surface area contributed by atoms with Crippen molar-refractivity contribution in [2.75, 3.05) is 18.0 Å². The van der Waals surface area contributed by atoms with Crippen molar-refractivity contribution in [1.29, 1.82) is 0 Å². The Balaban J connectivity index is 1.41. The van der Waals surface area contributed by atoms with Crippen molar-refractivity contribution in [3.63, 3.8) is 0 Å². The minimum absolute atomic E-state index is 0.0882. The van der Waals surface area contributed by atoms with Gasteiger partial charge in [-0.05, 0) is 42.9 Å². The molecule has 0 unspecified atom stereocenters. The van der Waals surface area contributed by atoms with Crippen LogP contribution in [0.3, 0.4) is 0 Å². The van der Waals surface area contributed by atoms with Crippen LogP contribution in [0.15, 0.2) is 49.1 Å². The predicted molar refractivity (Wildman–Crippen MR) is 95.2 cm³/mol. The molecule has 2 aliphatic rings. The Morgan fingerprint density at radius 3 is 2.52 bits per heavy atom. The van der Waals surface area contributed by atoms with E-state index in [4.69, 9.17) is 0 Å². The van der Waals surface area contributed by atoms with Gasteiger partial charge < -0.3 is 14.6 Å². The van der Waals surface area contributed by atoms with Crippen molar-refractivity contribution in [2.45, 2.75) is 25.0 Å². The summed E-state index contributed by atoms with van der Waals surface area (Å²) >= 11 is 0. The second kappa shape index (κ2) is 5.81. The lowest BCUT2D eigenvalue weighted by Crippen LogP contribution is -2.36. The Labute approximate surface area is 146 Å². The van der Waals surface area contributed by atoms with Crippen molar-refractivity contribution < 1.29 is 5.11 Å². The van der Waals surface area contributed by atoms with Gasteiger partial charge in [0.2, 0.25) is 5.95 Å². The first-order valence-electron chi connectivity index (χ1n) is 8.91. The minimum atomic E-state index is -0.338. The van der Waals surface area contributed by atoms with Gasteiger partial charge in [-0.3, -0.25) is 0 Å². The topological polar surface area (TPSA) is 67.1 Å². The highest BCUT2D eigenvalue weighted by atomic mass is 16.3. The van der Waals surface area contributed by atoms with Crippen molar-refractivity contribution in [3.8, 4) is 0 Å². The van der Waals surface area contributed by atoms with E-state index in [-0.39, 0.29) is 12.1 Å². The van der Waals surface area contributed by atoms with Gasteiger partial charge in [-0.15, -0.1) is 0 Å². The van der Waals surface area contributed by atoms with Crippen LogP contribution >= 0.6 is 0 Å². The van der Waals surface area contributed by atoms with Gasteiger partial charge in [0, 0.05) is 25.5 Å². The number of rotatable bonds is 2. The van der Waals surface area contributed by atoms with Crippen LogP contribution in [0.5, 0.6) is 0 Å². The number of aliphatic hydroxyl groups is 1. The van der Waals surface area contributed by atoms with E-state index in [2.05, 4.69) is 30.5 Å². The highest BCUT2D eigenvalue weighted by molar-refractivity contribution is 5.75. The van der Waals surface area contributed by atoms with Crippen LogP contribution in [0.4, 0.5) is 5.95 Å². The Kier molecular flexibility index (Phi) is 3.45. The molecule has 25 heavy (non-hydrogen) atoms. The summed E-state index contributed by atoms with van der Waals surface area (Å²) in [6.45, 7) is 1.90. The van der Waals surface area contributed by atoms with Crippen LogP contribution in [0, 0.1) is 11.8 Å². The number of aromatic nitrogens is 4. The van der Waals surface area contributed by atoms with Crippen molar-refractivity contribution in [3.05, 3.63) is 49.1 Å². The zero-order valence-electron chi connectivity index (χ0n) is 13.9. The fourth-order valence-corrected chi connectivity index (χ4v) is 4.57. The molecule has 1 aromatic carbocycles. The van der Waals surface area contributed by atoms with E-state index >= 15 is 0 Å². The highest BCUT2D eigenvalue weighted by Gasteiger charge is 2.43. The average molecular weight is 335 g/mol. The molecule has 2 fully saturated rings. The van der Waals surface area contributed by atoms with Crippen LogP contribution in [0.2, 0.25) is 0 Å². The molecule has 4 atom stereocenters. The van der Waals surface area contributed by atoms with E-state index < -0.39 is 0 Å². The van der Waals surface area contributed by atoms with Gasteiger partial charge >= 0.3 is 0 Å². The molecular formula is C19H21N5O. The molecule has 0 spiro atoms. The third-order valence-electron chi connectivity index (χ3n) is 5.78. The molecule has 1 N–H and O–H groups in total. The first kappa shape index (κ1) is 14.8. The van der Waals surface area contributed by atoms with Crippen molar-refractivity contribution in [1.82, 2.24) is 19.5 Å². The number of fused-ring (bicyclic) bond motifs is 2. The summed E-state index contributed by atoms with van der Waals surface area (Å²) in [5.41, 5.74) is 2.09. The molecule has 6 heteroatoms. The van der Waals surface area contributed by atoms with E-state index in [9.17, 15) is 5.11 Å². The molecule has 5 rings (SSSR count). The predicted octanol–water partition coefficient (Wildman–Crippen LogP) is 2.27. The number of aliphatic hydroxyl groups excluding tert-OH is 1. The summed E-state index contributed by atoms with van der Waals surface area (Å²) in [4.78, 5) is 15.5. The van der Waals surface area contributed by atoms with Gasteiger partial charge in [-0.25, -0.2) is 15.0 Å². The Hall–Kier alpha value is -2.47. The van der Waals surface area contributed by atoms with Crippen LogP contribution in [-0.2, 0) is 0 Å². The highest BCUT2D eigenvalue weighted by Crippen LogP contribution is 2.42. The van der Waals surface area contributed by atoms with Gasteiger partial charge in [0.05, 0.1) is 29.5 Å². The number of imidazole rings is 1. The largest absolute Gasteiger partial charge is 0.391 e. The third kappa shape index (κ3) is 2.48. The molecule has 3 heterocycles. The first-order valence-corrected chi connectivity index (χ1v) is 8.91. The van der Waals surface area contributed by atoms with Crippen molar-refractivity contribution >= 4 is 17.0 Å². The Morgan fingerprint density at radius 2 is 1.68 bits per heavy atom. The number of hydrogen-bond donors (Lipinski definition) is 1. The molecule has 6 nitrogen and oxygen atoms in total. The summed E-state index contributed by atoms with van der Waals surface area (Å²) in [6, 6.07) is 10.1.